The van der Waals surface area contributed by atoms with Crippen molar-refractivity contribution >= 4 is 0 Å². The maximum absolute atomic E-state index is 11.0. The van der Waals surface area contributed by atoms with Gasteiger partial charge in [0.15, 0.2) is 0 Å². The molecular weight excluding hydrogens is 200 g/mol. The van der Waals surface area contributed by atoms with Gasteiger partial charge in [-0.05, 0) is 49.1 Å². The van der Waals surface area contributed by atoms with E-state index in [1.165, 1.54) is 44.3 Å². The Kier molecular flexibility index (Phi) is 2.36. The summed E-state index contributed by atoms with van der Waals surface area (Å²) in [4.78, 5) is 13.8. The monoisotopic (exact) mass is 218 g/mol. The van der Waals surface area contributed by atoms with Crippen molar-refractivity contribution in [2.24, 2.45) is 5.41 Å². The highest BCUT2D eigenvalue weighted by atomic mass is 16.1. The van der Waals surface area contributed by atoms with Crippen molar-refractivity contribution < 1.29 is 0 Å². The van der Waals surface area contributed by atoms with E-state index in [1.54, 1.807) is 6.07 Å². The zero-order valence-corrected chi connectivity index (χ0v) is 9.46. The Balaban J connectivity index is 1.78. The second-order valence-electron chi connectivity index (χ2n) is 5.35. The fourth-order valence-corrected chi connectivity index (χ4v) is 3.35. The Morgan fingerprint density at radius 3 is 2.94 bits per heavy atom. The van der Waals surface area contributed by atoms with Crippen molar-refractivity contribution in [1.29, 1.82) is 0 Å². The highest BCUT2D eigenvalue weighted by molar-refractivity contribution is 5.18. The van der Waals surface area contributed by atoms with E-state index in [4.69, 9.17) is 0 Å². The summed E-state index contributed by atoms with van der Waals surface area (Å²) in [6.45, 7) is 2.37. The van der Waals surface area contributed by atoms with Crippen LogP contribution < -0.4 is 10.9 Å². The zero-order valence-electron chi connectivity index (χ0n) is 9.46. The molecule has 2 N–H and O–H groups in total. The maximum atomic E-state index is 11.0. The van der Waals surface area contributed by atoms with Gasteiger partial charge in [-0.3, -0.25) is 4.79 Å². The quantitative estimate of drug-likeness (QED) is 0.752. The second-order valence-corrected chi connectivity index (χ2v) is 5.35. The molecule has 0 aromatic carbocycles. The average Bonchev–Trinajstić information content (AvgIpc) is 2.91. The van der Waals surface area contributed by atoms with Gasteiger partial charge in [0.25, 0.3) is 0 Å². The number of nitrogens with one attached hydrogen (secondary N) is 2. The van der Waals surface area contributed by atoms with E-state index in [0.29, 0.717) is 11.3 Å². The molecule has 2 unspecified atom stereocenters. The predicted octanol–water partition coefficient (Wildman–Crippen LogP) is 1.62. The highest BCUT2D eigenvalue weighted by Crippen LogP contribution is 2.49. The van der Waals surface area contributed by atoms with Gasteiger partial charge >= 0.3 is 0 Å². The van der Waals surface area contributed by atoms with E-state index in [-0.39, 0.29) is 5.56 Å². The molecule has 1 saturated carbocycles. The van der Waals surface area contributed by atoms with E-state index >= 15 is 0 Å². The van der Waals surface area contributed by atoms with Crippen molar-refractivity contribution in [3.05, 3.63) is 34.2 Å². The molecule has 1 spiro atoms. The van der Waals surface area contributed by atoms with Crippen molar-refractivity contribution in [1.82, 2.24) is 10.3 Å². The Hall–Kier alpha value is -1.09. The van der Waals surface area contributed by atoms with E-state index < -0.39 is 0 Å². The summed E-state index contributed by atoms with van der Waals surface area (Å²) in [6, 6.07) is 3.64. The molecule has 0 amide bonds. The van der Waals surface area contributed by atoms with E-state index in [2.05, 4.69) is 10.3 Å². The lowest BCUT2D eigenvalue weighted by atomic mass is 9.84. The summed E-state index contributed by atoms with van der Waals surface area (Å²) < 4.78 is 0. The first-order valence-electron chi connectivity index (χ1n) is 6.17. The minimum atomic E-state index is -0.000932. The third kappa shape index (κ3) is 1.69. The summed E-state index contributed by atoms with van der Waals surface area (Å²) >= 11 is 0. The summed E-state index contributed by atoms with van der Waals surface area (Å²) in [5.74, 6) is 0.650. The standard InChI is InChI=1S/C13H18N2O/c16-12-2-1-11(8-15-12)10-3-4-13(7-10)5-6-14-9-13/h1-2,8,10,14H,3-7,9H2,(H,15,16). The lowest BCUT2D eigenvalue weighted by Gasteiger charge is -2.21. The fourth-order valence-electron chi connectivity index (χ4n) is 3.35. The largest absolute Gasteiger partial charge is 0.329 e. The van der Waals surface area contributed by atoms with Crippen molar-refractivity contribution in [3.8, 4) is 0 Å². The Labute approximate surface area is 95.3 Å². The number of pyridine rings is 1. The normalized spacial score (nSPS) is 33.6. The van der Waals surface area contributed by atoms with Crippen LogP contribution in [0, 0.1) is 5.41 Å². The molecular formula is C13H18N2O. The number of rotatable bonds is 1. The molecule has 3 heteroatoms. The lowest BCUT2D eigenvalue weighted by molar-refractivity contribution is 0.331. The van der Waals surface area contributed by atoms with E-state index in [0.717, 1.165) is 0 Å². The second kappa shape index (κ2) is 3.74. The number of hydrogen-bond donors (Lipinski definition) is 2. The summed E-state index contributed by atoms with van der Waals surface area (Å²) in [5.41, 5.74) is 1.86. The van der Waals surface area contributed by atoms with Gasteiger partial charge in [-0.25, -0.2) is 0 Å². The van der Waals surface area contributed by atoms with Crippen molar-refractivity contribution in [2.75, 3.05) is 13.1 Å². The van der Waals surface area contributed by atoms with E-state index in [9.17, 15) is 4.79 Å². The first kappa shape index (κ1) is 10.1. The van der Waals surface area contributed by atoms with Crippen LogP contribution in [0.3, 0.4) is 0 Å². The topological polar surface area (TPSA) is 44.9 Å². The molecule has 2 heterocycles. The van der Waals surface area contributed by atoms with Gasteiger partial charge in [-0.15, -0.1) is 0 Å². The van der Waals surface area contributed by atoms with Gasteiger partial charge in [0.05, 0.1) is 0 Å². The van der Waals surface area contributed by atoms with Gasteiger partial charge in [0.1, 0.15) is 0 Å². The highest BCUT2D eigenvalue weighted by Gasteiger charge is 2.41. The number of aromatic amines is 1. The van der Waals surface area contributed by atoms with Gasteiger partial charge < -0.3 is 10.3 Å². The predicted molar refractivity (Wildman–Crippen MR) is 63.6 cm³/mol. The van der Waals surface area contributed by atoms with E-state index in [1.807, 2.05) is 12.3 Å². The number of H-pyrrole nitrogens is 1. The molecule has 1 aromatic heterocycles. The van der Waals surface area contributed by atoms with Crippen molar-refractivity contribution in [3.63, 3.8) is 0 Å². The van der Waals surface area contributed by atoms with Crippen LogP contribution in [0.2, 0.25) is 0 Å². The summed E-state index contributed by atoms with van der Waals surface area (Å²) in [5, 5.41) is 3.48. The fraction of sp³-hybridized carbons (Fsp3) is 0.615. The van der Waals surface area contributed by atoms with Crippen LogP contribution in [0.15, 0.2) is 23.1 Å². The molecule has 2 atom stereocenters. The molecule has 3 rings (SSSR count). The minimum absolute atomic E-state index is 0.000932. The minimum Gasteiger partial charge on any atom is -0.329 e. The molecule has 1 saturated heterocycles. The summed E-state index contributed by atoms with van der Waals surface area (Å²) in [7, 11) is 0. The van der Waals surface area contributed by atoms with Crippen molar-refractivity contribution in [2.45, 2.75) is 31.6 Å². The molecule has 3 nitrogen and oxygen atoms in total. The smallest absolute Gasteiger partial charge is 0.247 e. The Morgan fingerprint density at radius 2 is 2.25 bits per heavy atom. The molecule has 0 radical (unpaired) electrons. The zero-order chi connectivity index (χ0) is 11.0. The lowest BCUT2D eigenvalue weighted by Crippen LogP contribution is -2.20. The van der Waals surface area contributed by atoms with Crippen LogP contribution in [0.1, 0.15) is 37.2 Å². The maximum Gasteiger partial charge on any atom is 0.247 e. The first-order chi connectivity index (χ1) is 7.77. The van der Waals surface area contributed by atoms with Gasteiger partial charge in [-0.2, -0.15) is 0 Å². The molecule has 1 aliphatic heterocycles. The third-order valence-corrected chi connectivity index (χ3v) is 4.31. The molecule has 2 fully saturated rings. The molecule has 0 bridgehead atoms. The molecule has 1 aliphatic carbocycles. The summed E-state index contributed by atoms with van der Waals surface area (Å²) in [6.07, 6.45) is 7.12. The first-order valence-corrected chi connectivity index (χ1v) is 6.17. The molecule has 2 aliphatic rings. The van der Waals surface area contributed by atoms with Gasteiger partial charge in [-0.1, -0.05) is 6.07 Å². The van der Waals surface area contributed by atoms with Crippen LogP contribution in [0.5, 0.6) is 0 Å². The molecule has 16 heavy (non-hydrogen) atoms. The number of aromatic nitrogens is 1. The third-order valence-electron chi connectivity index (χ3n) is 4.31. The molecule has 1 aromatic rings. The van der Waals surface area contributed by atoms with Crippen LogP contribution in [-0.2, 0) is 0 Å². The Morgan fingerprint density at radius 1 is 1.31 bits per heavy atom. The number of hydrogen-bond acceptors (Lipinski definition) is 2. The van der Waals surface area contributed by atoms with Crippen LogP contribution in [0.25, 0.3) is 0 Å². The average molecular weight is 218 g/mol. The van der Waals surface area contributed by atoms with Crippen LogP contribution in [0.4, 0.5) is 0 Å². The Bertz CT molecular complexity index is 411. The van der Waals surface area contributed by atoms with Crippen LogP contribution >= 0.6 is 0 Å². The SMILES string of the molecule is O=c1ccc(C2CCC3(CCNC3)C2)c[nH]1. The molecule has 86 valence electrons. The van der Waals surface area contributed by atoms with Gasteiger partial charge in [0, 0.05) is 18.8 Å². The van der Waals surface area contributed by atoms with Gasteiger partial charge in [0.2, 0.25) is 5.56 Å². The van der Waals surface area contributed by atoms with Crippen LogP contribution in [-0.4, -0.2) is 18.1 Å².